The van der Waals surface area contributed by atoms with E-state index in [0.717, 1.165) is 16.5 Å². The van der Waals surface area contributed by atoms with E-state index >= 15 is 0 Å². The van der Waals surface area contributed by atoms with E-state index in [9.17, 15) is 9.59 Å². The van der Waals surface area contributed by atoms with Crippen LogP contribution in [0.4, 0.5) is 0 Å². The fourth-order valence-electron chi connectivity index (χ4n) is 4.30. The highest BCUT2D eigenvalue weighted by Crippen LogP contribution is 2.36. The minimum Gasteiger partial charge on any atom is -0.481 e. The molecule has 0 radical (unpaired) electrons. The van der Waals surface area contributed by atoms with Gasteiger partial charge in [-0.2, -0.15) is 0 Å². The zero-order chi connectivity index (χ0) is 21.5. The van der Waals surface area contributed by atoms with Gasteiger partial charge in [0.2, 0.25) is 0 Å². The minimum absolute atomic E-state index is 0.00165. The van der Waals surface area contributed by atoms with Gasteiger partial charge in [0.25, 0.3) is 5.91 Å². The van der Waals surface area contributed by atoms with Crippen LogP contribution in [0.15, 0.2) is 42.0 Å². The summed E-state index contributed by atoms with van der Waals surface area (Å²) in [6, 6.07) is 5.31. The molecule has 6 nitrogen and oxygen atoms in total. The van der Waals surface area contributed by atoms with Crippen molar-refractivity contribution in [2.24, 2.45) is 13.0 Å². The largest absolute Gasteiger partial charge is 0.481 e. The molecule has 1 aromatic carbocycles. The lowest BCUT2D eigenvalue weighted by atomic mass is 9.78. The van der Waals surface area contributed by atoms with Crippen LogP contribution in [0.3, 0.4) is 0 Å². The maximum absolute atomic E-state index is 13.3. The Morgan fingerprint density at radius 1 is 1.37 bits per heavy atom. The number of carboxylic acid groups (broad SMARTS) is 1. The lowest BCUT2D eigenvalue weighted by molar-refractivity contribution is -0.136. The van der Waals surface area contributed by atoms with Gasteiger partial charge in [-0.05, 0) is 36.6 Å². The average molecular weight is 449 g/mol. The van der Waals surface area contributed by atoms with E-state index in [2.05, 4.69) is 5.32 Å². The summed E-state index contributed by atoms with van der Waals surface area (Å²) in [6.07, 6.45) is 7.10. The van der Waals surface area contributed by atoms with Crippen molar-refractivity contribution in [3.8, 4) is 0 Å². The zero-order valence-electron chi connectivity index (χ0n) is 16.5. The summed E-state index contributed by atoms with van der Waals surface area (Å²) in [6.45, 7) is 0.971. The number of carbonyl (C=O) groups excluding carboxylic acids is 1. The van der Waals surface area contributed by atoms with Crippen molar-refractivity contribution in [1.29, 1.82) is 0 Å². The SMILES string of the molecule is Cn1c(C(=O)N[C@]2(C3C=CC(CC(=O)O)=CC3)CCOC2)cc2c(Cl)c(Cl)ccc21. The van der Waals surface area contributed by atoms with Crippen LogP contribution in [0.2, 0.25) is 10.0 Å². The number of hydrogen-bond donors (Lipinski definition) is 2. The molecule has 2 atom stereocenters. The molecule has 0 saturated carbocycles. The number of halogens is 2. The fourth-order valence-corrected chi connectivity index (χ4v) is 4.68. The normalized spacial score (nSPS) is 23.6. The maximum Gasteiger partial charge on any atom is 0.307 e. The third kappa shape index (κ3) is 3.75. The van der Waals surface area contributed by atoms with Gasteiger partial charge in [-0.15, -0.1) is 0 Å². The number of nitrogens with zero attached hydrogens (tertiary/aromatic N) is 1. The number of hydrogen-bond acceptors (Lipinski definition) is 3. The van der Waals surface area contributed by atoms with Crippen molar-refractivity contribution in [1.82, 2.24) is 9.88 Å². The van der Waals surface area contributed by atoms with E-state index in [4.69, 9.17) is 33.0 Å². The molecule has 30 heavy (non-hydrogen) atoms. The lowest BCUT2D eigenvalue weighted by Gasteiger charge is -2.36. The van der Waals surface area contributed by atoms with E-state index in [1.165, 1.54) is 0 Å². The number of fused-ring (bicyclic) bond motifs is 1. The number of benzene rings is 1. The molecule has 1 fully saturated rings. The second-order valence-corrected chi connectivity index (χ2v) is 8.63. The Balaban J connectivity index is 1.59. The molecular weight excluding hydrogens is 427 g/mol. The minimum atomic E-state index is -0.855. The summed E-state index contributed by atoms with van der Waals surface area (Å²) < 4.78 is 7.46. The first kappa shape index (κ1) is 21.0. The number of carboxylic acids is 1. The van der Waals surface area contributed by atoms with Gasteiger partial charge >= 0.3 is 5.97 Å². The predicted molar refractivity (Wildman–Crippen MR) is 116 cm³/mol. The summed E-state index contributed by atoms with van der Waals surface area (Å²) in [5.41, 5.74) is 1.54. The number of aromatic nitrogens is 1. The number of nitrogens with one attached hydrogen (secondary N) is 1. The Kier molecular flexibility index (Phi) is 5.66. The van der Waals surface area contributed by atoms with Crippen LogP contribution in [-0.2, 0) is 16.6 Å². The molecule has 8 heteroatoms. The van der Waals surface area contributed by atoms with Crippen LogP contribution in [0.25, 0.3) is 10.9 Å². The van der Waals surface area contributed by atoms with Gasteiger partial charge in [0.05, 0.1) is 28.6 Å². The van der Waals surface area contributed by atoms with Gasteiger partial charge in [0.1, 0.15) is 5.69 Å². The van der Waals surface area contributed by atoms with Crippen molar-refractivity contribution < 1.29 is 19.4 Å². The van der Waals surface area contributed by atoms with Gasteiger partial charge in [-0.1, -0.05) is 41.4 Å². The fraction of sp³-hybridized carbons (Fsp3) is 0.364. The molecule has 0 spiro atoms. The van der Waals surface area contributed by atoms with E-state index in [0.29, 0.717) is 41.8 Å². The topological polar surface area (TPSA) is 80.6 Å². The van der Waals surface area contributed by atoms with Crippen LogP contribution in [-0.4, -0.2) is 40.3 Å². The molecule has 2 aliphatic rings. The second-order valence-electron chi connectivity index (χ2n) is 7.85. The second kappa shape index (κ2) is 8.10. The highest BCUT2D eigenvalue weighted by atomic mass is 35.5. The molecule has 4 rings (SSSR count). The Labute approximate surface area is 184 Å². The van der Waals surface area contributed by atoms with Crippen LogP contribution >= 0.6 is 23.2 Å². The van der Waals surface area contributed by atoms with Crippen LogP contribution in [0.1, 0.15) is 29.8 Å². The van der Waals surface area contributed by atoms with Gasteiger partial charge in [-0.25, -0.2) is 0 Å². The molecular formula is C22H22Cl2N2O4. The first-order valence-electron chi connectivity index (χ1n) is 9.73. The number of aryl methyl sites for hydroxylation is 1. The summed E-state index contributed by atoms with van der Waals surface area (Å²) in [5.74, 6) is -1.04. The van der Waals surface area contributed by atoms with Crippen molar-refractivity contribution in [2.45, 2.75) is 24.8 Å². The smallest absolute Gasteiger partial charge is 0.307 e. The molecule has 2 N–H and O–H groups in total. The summed E-state index contributed by atoms with van der Waals surface area (Å²) in [5, 5.41) is 13.8. The number of ether oxygens (including phenoxy) is 1. The van der Waals surface area contributed by atoms with Gasteiger partial charge in [0, 0.05) is 30.5 Å². The summed E-state index contributed by atoms with van der Waals surface area (Å²) >= 11 is 12.5. The van der Waals surface area contributed by atoms with E-state index in [1.54, 1.807) is 16.7 Å². The zero-order valence-corrected chi connectivity index (χ0v) is 18.0. The van der Waals surface area contributed by atoms with Crippen molar-refractivity contribution in [3.05, 3.63) is 57.7 Å². The Morgan fingerprint density at radius 2 is 2.17 bits per heavy atom. The van der Waals surface area contributed by atoms with Gasteiger partial charge in [-0.3, -0.25) is 9.59 Å². The van der Waals surface area contributed by atoms with Crippen LogP contribution in [0, 0.1) is 5.92 Å². The van der Waals surface area contributed by atoms with Crippen LogP contribution < -0.4 is 5.32 Å². The van der Waals surface area contributed by atoms with Crippen LogP contribution in [0.5, 0.6) is 0 Å². The number of allylic oxidation sites excluding steroid dienone is 2. The maximum atomic E-state index is 13.3. The standard InChI is InChI=1S/C22H22Cl2N2O4/c1-26-17-7-6-16(23)20(24)15(17)11-18(26)21(29)25-22(8-9-30-12-22)14-4-2-13(3-5-14)10-19(27)28/h2-4,6-7,11,14H,5,8-10,12H2,1H3,(H,25,29)(H,27,28)/t14?,22-/m1/s1. The van der Waals surface area contributed by atoms with Gasteiger partial charge < -0.3 is 19.7 Å². The molecule has 1 aromatic heterocycles. The van der Waals surface area contributed by atoms with Gasteiger partial charge in [0.15, 0.2) is 0 Å². The lowest BCUT2D eigenvalue weighted by Crippen LogP contribution is -2.54. The van der Waals surface area contributed by atoms with Crippen molar-refractivity contribution in [2.75, 3.05) is 13.2 Å². The molecule has 1 aliphatic heterocycles. The molecule has 2 heterocycles. The van der Waals surface area contributed by atoms with E-state index in [1.807, 2.05) is 31.3 Å². The monoisotopic (exact) mass is 448 g/mol. The molecule has 1 unspecified atom stereocenters. The Hall–Kier alpha value is -2.28. The first-order valence-corrected chi connectivity index (χ1v) is 10.5. The third-order valence-corrected chi connectivity index (χ3v) is 6.82. The third-order valence-electron chi connectivity index (χ3n) is 6.00. The highest BCUT2D eigenvalue weighted by molar-refractivity contribution is 6.45. The highest BCUT2D eigenvalue weighted by Gasteiger charge is 2.43. The Morgan fingerprint density at radius 3 is 2.80 bits per heavy atom. The number of rotatable bonds is 5. The molecule has 1 aliphatic carbocycles. The van der Waals surface area contributed by atoms with Crippen molar-refractivity contribution in [3.63, 3.8) is 0 Å². The van der Waals surface area contributed by atoms with E-state index < -0.39 is 11.5 Å². The quantitative estimate of drug-likeness (QED) is 0.712. The van der Waals surface area contributed by atoms with Crippen molar-refractivity contribution >= 4 is 46.0 Å². The number of amides is 1. The molecule has 1 amide bonds. The number of carbonyl (C=O) groups is 2. The molecule has 158 valence electrons. The average Bonchev–Trinajstić information content (AvgIpc) is 3.31. The number of aliphatic carboxylic acids is 1. The summed E-state index contributed by atoms with van der Waals surface area (Å²) in [4.78, 5) is 24.2. The molecule has 1 saturated heterocycles. The summed E-state index contributed by atoms with van der Waals surface area (Å²) in [7, 11) is 1.82. The molecule has 0 bridgehead atoms. The molecule has 2 aromatic rings. The predicted octanol–water partition coefficient (Wildman–Crippen LogP) is 4.35. The Bertz CT molecular complexity index is 1080. The first-order chi connectivity index (χ1) is 14.3. The van der Waals surface area contributed by atoms with E-state index in [-0.39, 0.29) is 18.2 Å².